The summed E-state index contributed by atoms with van der Waals surface area (Å²) in [6, 6.07) is -12.6. The summed E-state index contributed by atoms with van der Waals surface area (Å²) in [4.78, 5) is 180. The quantitative estimate of drug-likeness (QED) is 0.101. The fourth-order valence-electron chi connectivity index (χ4n) is 11.3. The molecule has 0 bridgehead atoms. The zero-order valence-electron chi connectivity index (χ0n) is 58.1. The third kappa shape index (κ3) is 23.7. The number of nitrogens with zero attached hydrogens (tertiary/aromatic N) is 7. The topological polar surface area (TPSA) is 316 Å². The molecule has 1 heterocycles. The van der Waals surface area contributed by atoms with E-state index in [-0.39, 0.29) is 62.2 Å². The van der Waals surface area contributed by atoms with Gasteiger partial charge in [-0.05, 0) is 100 Å². The Morgan fingerprint density at radius 1 is 0.461 bits per heavy atom. The predicted octanol–water partition coefficient (Wildman–Crippen LogP) is 3.34. The van der Waals surface area contributed by atoms with Gasteiger partial charge < -0.3 is 65.8 Å². The molecular formula is C64H115N11O14. The first-order valence-electron chi connectivity index (χ1n) is 32.0. The smallest absolute Gasteiger partial charge is 0.303 e. The third-order valence-corrected chi connectivity index (χ3v) is 16.9. The van der Waals surface area contributed by atoms with E-state index < -0.39 is 162 Å². The van der Waals surface area contributed by atoms with E-state index in [2.05, 4.69) is 21.3 Å². The van der Waals surface area contributed by atoms with Gasteiger partial charge in [-0.2, -0.15) is 0 Å². The summed E-state index contributed by atoms with van der Waals surface area (Å²) in [5, 5.41) is 32.4. The number of aliphatic hydroxyl groups is 1. The molecular weight excluding hydrogens is 1150 g/mol. The van der Waals surface area contributed by atoms with Gasteiger partial charge in [-0.25, -0.2) is 0 Å². The number of hydrogen-bond acceptors (Lipinski definition) is 13. The molecule has 0 aromatic heterocycles. The molecule has 0 spiro atoms. The van der Waals surface area contributed by atoms with Crippen LogP contribution in [0, 0.1) is 41.4 Å². The number of carbonyl (C=O) groups excluding carboxylic acids is 11. The molecule has 25 heteroatoms. The van der Waals surface area contributed by atoms with E-state index in [1.807, 2.05) is 55.4 Å². The first kappa shape index (κ1) is 80.6. The number of carbonyl (C=O) groups is 12. The Bertz CT molecular complexity index is 2420. The van der Waals surface area contributed by atoms with E-state index in [9.17, 15) is 58.2 Å². The average molecular weight is 1260 g/mol. The fourth-order valence-corrected chi connectivity index (χ4v) is 11.3. The summed E-state index contributed by atoms with van der Waals surface area (Å²) in [5.41, 5.74) is 0. The minimum atomic E-state index is -1.68. The minimum absolute atomic E-state index is 0.0138. The van der Waals surface area contributed by atoms with Crippen LogP contribution in [0.3, 0.4) is 0 Å². The van der Waals surface area contributed by atoms with E-state index in [0.717, 1.165) is 9.80 Å². The number of aliphatic carboxylic acids is 1. The first-order valence-corrected chi connectivity index (χ1v) is 32.0. The minimum Gasteiger partial charge on any atom is -0.481 e. The highest BCUT2D eigenvalue weighted by Crippen LogP contribution is 2.26. The largest absolute Gasteiger partial charge is 0.481 e. The lowest BCUT2D eigenvalue weighted by molar-refractivity contribution is -0.157. The van der Waals surface area contributed by atoms with Crippen LogP contribution in [0.15, 0.2) is 0 Å². The predicted molar refractivity (Wildman–Crippen MR) is 340 cm³/mol. The second-order valence-electron chi connectivity index (χ2n) is 27.3. The molecule has 0 aromatic carbocycles. The van der Waals surface area contributed by atoms with Crippen LogP contribution in [0.4, 0.5) is 0 Å². The number of unbranched alkanes of at least 4 members (excludes halogenated alkanes) is 2. The standard InChI is InChI=1S/C64H115N11O14/c1-24-44-60(85)69(17)34-49(76)70(18)45(30-35(2)3)57(82)68-51(39(10)11)63(88)71(19)46(31-36(4)5)56(81)65-42(15)55(80)66-43(16)59(84)72(20)47(32-37(6)7)61(86)73(21)48(33-38(8)9)62(87)74(22)52(40(12)13)64(89)75(23)53(58(83)67-44)54(79)41(14)28-26-25-27-29-50(77)78/h35-48,51-54,79H,24-34H2,1-23H3,(H,65,81)(H,66,80)(H,67,83)(H,68,82)(H,77,78)/t41-,42+,43-,44+,45+,46+,47+,48+,51+,52+,53+,54-/m1/s1. The lowest BCUT2D eigenvalue weighted by atomic mass is 9.90. The van der Waals surface area contributed by atoms with Crippen molar-refractivity contribution in [3.63, 3.8) is 0 Å². The number of likely N-dealkylation sites (N-methyl/N-ethyl adjacent to an activating group) is 7. The molecule has 0 unspecified atom stereocenters. The van der Waals surface area contributed by atoms with Crippen molar-refractivity contribution in [1.29, 1.82) is 0 Å². The molecule has 510 valence electrons. The molecule has 6 N–H and O–H groups in total. The van der Waals surface area contributed by atoms with Crippen LogP contribution >= 0.6 is 0 Å². The Morgan fingerprint density at radius 2 is 0.888 bits per heavy atom. The van der Waals surface area contributed by atoms with E-state index in [0.29, 0.717) is 25.7 Å². The second-order valence-corrected chi connectivity index (χ2v) is 27.3. The molecule has 0 aromatic rings. The van der Waals surface area contributed by atoms with Gasteiger partial charge >= 0.3 is 5.97 Å². The maximum atomic E-state index is 15.2. The van der Waals surface area contributed by atoms with Crippen molar-refractivity contribution >= 4 is 70.9 Å². The van der Waals surface area contributed by atoms with Crippen molar-refractivity contribution in [2.24, 2.45) is 41.4 Å². The molecule has 1 aliphatic heterocycles. The summed E-state index contributed by atoms with van der Waals surface area (Å²) < 4.78 is 0. The van der Waals surface area contributed by atoms with Crippen molar-refractivity contribution < 1.29 is 67.7 Å². The van der Waals surface area contributed by atoms with Crippen LogP contribution in [0.1, 0.15) is 175 Å². The SMILES string of the molecule is CC[C@@H]1NC(=O)[C@H]([C@H](O)[C@H](C)CCCCCC(=O)O)N(C)C(=O)[C@H](C(C)C)N(C)C(=O)[C@H](CC(C)C)N(C)C(=O)[C@H](CC(C)C)N(C)C(=O)[C@@H](C)NC(=O)[C@H](C)NC(=O)[C@H](CC(C)C)N(C)C(=O)[C@H](C(C)C)NC(=O)[C@H](CC(C)C)N(C)C(=O)CN(C)C1=O. The van der Waals surface area contributed by atoms with E-state index in [1.54, 1.807) is 41.5 Å². The highest BCUT2D eigenvalue weighted by atomic mass is 16.4. The first-order chi connectivity index (χ1) is 41.1. The molecule has 89 heavy (non-hydrogen) atoms. The van der Waals surface area contributed by atoms with Crippen LogP contribution in [0.2, 0.25) is 0 Å². The molecule has 25 nitrogen and oxygen atoms in total. The van der Waals surface area contributed by atoms with Crippen molar-refractivity contribution in [3.05, 3.63) is 0 Å². The third-order valence-electron chi connectivity index (χ3n) is 16.9. The maximum Gasteiger partial charge on any atom is 0.303 e. The maximum absolute atomic E-state index is 15.2. The van der Waals surface area contributed by atoms with Gasteiger partial charge in [-0.15, -0.1) is 0 Å². The lowest BCUT2D eigenvalue weighted by Crippen LogP contribution is -2.63. The molecule has 0 saturated carbocycles. The van der Waals surface area contributed by atoms with E-state index in [1.165, 1.54) is 87.7 Å². The van der Waals surface area contributed by atoms with Crippen LogP contribution in [0.5, 0.6) is 0 Å². The van der Waals surface area contributed by atoms with Gasteiger partial charge in [0, 0.05) is 55.8 Å². The van der Waals surface area contributed by atoms with E-state index in [4.69, 9.17) is 0 Å². The number of hydrogen-bond donors (Lipinski definition) is 6. The van der Waals surface area contributed by atoms with Gasteiger partial charge in [0.2, 0.25) is 65.0 Å². The molecule has 11 amide bonds. The second kappa shape index (κ2) is 37.1. The Balaban J connectivity index is 4.33. The Labute approximate surface area is 531 Å². The highest BCUT2D eigenvalue weighted by Gasteiger charge is 2.46. The number of amides is 11. The molecule has 1 fully saturated rings. The van der Waals surface area contributed by atoms with Crippen molar-refractivity contribution in [1.82, 2.24) is 55.6 Å². The summed E-state index contributed by atoms with van der Waals surface area (Å²) in [6.45, 7) is 27.3. The highest BCUT2D eigenvalue weighted by molar-refractivity contribution is 5.99. The van der Waals surface area contributed by atoms with Crippen LogP contribution in [0.25, 0.3) is 0 Å². The Hall–Kier alpha value is -6.40. The number of carboxylic acid groups (broad SMARTS) is 1. The fraction of sp³-hybridized carbons (Fsp3) is 0.812. The lowest BCUT2D eigenvalue weighted by Gasteiger charge is -2.41. The number of rotatable bonds is 19. The normalized spacial score (nSPS) is 26.1. The van der Waals surface area contributed by atoms with Gasteiger partial charge in [0.1, 0.15) is 60.4 Å². The van der Waals surface area contributed by atoms with Gasteiger partial charge in [-0.1, -0.05) is 110 Å². The molecule has 1 saturated heterocycles. The van der Waals surface area contributed by atoms with Crippen molar-refractivity contribution in [2.45, 2.75) is 242 Å². The monoisotopic (exact) mass is 1260 g/mol. The van der Waals surface area contributed by atoms with Crippen LogP contribution < -0.4 is 21.3 Å². The molecule has 0 radical (unpaired) electrons. The zero-order chi connectivity index (χ0) is 69.0. The van der Waals surface area contributed by atoms with Gasteiger partial charge in [0.25, 0.3) is 0 Å². The summed E-state index contributed by atoms with van der Waals surface area (Å²) in [6.07, 6.45) is 0.553. The van der Waals surface area contributed by atoms with Gasteiger partial charge in [-0.3, -0.25) is 57.5 Å². The van der Waals surface area contributed by atoms with E-state index >= 15 is 9.59 Å². The van der Waals surface area contributed by atoms with Crippen molar-refractivity contribution in [3.8, 4) is 0 Å². The van der Waals surface area contributed by atoms with Gasteiger partial charge in [0.15, 0.2) is 0 Å². The summed E-state index contributed by atoms with van der Waals surface area (Å²) in [7, 11) is 9.79. The van der Waals surface area contributed by atoms with Gasteiger partial charge in [0.05, 0.1) is 12.6 Å². The summed E-state index contributed by atoms with van der Waals surface area (Å²) >= 11 is 0. The molecule has 12 atom stereocenters. The Kier molecular flexibility index (Phi) is 33.6. The number of aliphatic hydroxyl groups excluding tert-OH is 1. The molecule has 1 rings (SSSR count). The molecule has 0 aliphatic carbocycles. The number of carboxylic acids is 1. The van der Waals surface area contributed by atoms with Crippen LogP contribution in [-0.4, -0.2) is 238 Å². The Morgan fingerprint density at radius 3 is 1.35 bits per heavy atom. The number of nitrogens with one attached hydrogen (secondary N) is 4. The summed E-state index contributed by atoms with van der Waals surface area (Å²) in [5.74, 6) is -11.1. The average Bonchev–Trinajstić information content (AvgIpc) is 0.957. The molecule has 1 aliphatic rings. The van der Waals surface area contributed by atoms with Crippen molar-refractivity contribution in [2.75, 3.05) is 55.9 Å². The zero-order valence-corrected chi connectivity index (χ0v) is 58.1. The van der Waals surface area contributed by atoms with Crippen LogP contribution in [-0.2, 0) is 57.5 Å².